The van der Waals surface area contributed by atoms with E-state index < -0.39 is 0 Å². The van der Waals surface area contributed by atoms with Crippen LogP contribution in [0.3, 0.4) is 0 Å². The Balaban J connectivity index is 2.24. The quantitative estimate of drug-likeness (QED) is 0.730. The summed E-state index contributed by atoms with van der Waals surface area (Å²) in [6.45, 7) is 1.04. The zero-order chi connectivity index (χ0) is 10.7. The van der Waals surface area contributed by atoms with E-state index in [4.69, 9.17) is 9.47 Å². The van der Waals surface area contributed by atoms with E-state index in [-0.39, 0.29) is 5.91 Å². The second kappa shape index (κ2) is 4.18. The van der Waals surface area contributed by atoms with Crippen LogP contribution in [-0.2, 0) is 4.84 Å². The van der Waals surface area contributed by atoms with E-state index >= 15 is 0 Å². The molecule has 0 atom stereocenters. The van der Waals surface area contributed by atoms with Crippen molar-refractivity contribution in [2.45, 2.75) is 0 Å². The summed E-state index contributed by atoms with van der Waals surface area (Å²) in [6.07, 6.45) is 0. The van der Waals surface area contributed by atoms with Gasteiger partial charge in [0.1, 0.15) is 13.2 Å². The minimum Gasteiger partial charge on any atom is -0.486 e. The van der Waals surface area contributed by atoms with E-state index in [0.717, 1.165) is 0 Å². The molecule has 0 saturated heterocycles. The smallest absolute Gasteiger partial charge is 0.274 e. The van der Waals surface area contributed by atoms with Gasteiger partial charge >= 0.3 is 0 Å². The Kier molecular flexibility index (Phi) is 2.73. The molecular formula is C10H11NO4. The lowest BCUT2D eigenvalue weighted by atomic mass is 10.2. The number of fused-ring (bicyclic) bond motifs is 1. The Hall–Kier alpha value is -1.75. The third kappa shape index (κ3) is 2.02. The van der Waals surface area contributed by atoms with Crippen molar-refractivity contribution < 1.29 is 19.1 Å². The van der Waals surface area contributed by atoms with Gasteiger partial charge in [-0.1, -0.05) is 0 Å². The van der Waals surface area contributed by atoms with Gasteiger partial charge in [-0.25, -0.2) is 5.48 Å². The molecule has 0 radical (unpaired) electrons. The predicted molar refractivity (Wildman–Crippen MR) is 51.9 cm³/mol. The zero-order valence-corrected chi connectivity index (χ0v) is 8.28. The van der Waals surface area contributed by atoms with E-state index in [1.165, 1.54) is 7.11 Å². The topological polar surface area (TPSA) is 56.8 Å². The van der Waals surface area contributed by atoms with Crippen molar-refractivity contribution in [2.24, 2.45) is 0 Å². The molecule has 1 aliphatic rings. The molecule has 0 aromatic heterocycles. The highest BCUT2D eigenvalue weighted by Gasteiger charge is 2.14. The molecule has 1 aromatic rings. The normalized spacial score (nSPS) is 13.4. The monoisotopic (exact) mass is 209 g/mol. The van der Waals surface area contributed by atoms with Crippen molar-refractivity contribution in [2.75, 3.05) is 20.3 Å². The molecule has 5 heteroatoms. The highest BCUT2D eigenvalue weighted by Crippen LogP contribution is 2.30. The Labute approximate surface area is 86.9 Å². The Morgan fingerprint density at radius 3 is 2.80 bits per heavy atom. The molecule has 1 heterocycles. The summed E-state index contributed by atoms with van der Waals surface area (Å²) in [6, 6.07) is 4.99. The van der Waals surface area contributed by atoms with Crippen LogP contribution in [0.15, 0.2) is 18.2 Å². The highest BCUT2D eigenvalue weighted by molar-refractivity contribution is 5.94. The summed E-state index contributed by atoms with van der Waals surface area (Å²) < 4.78 is 10.7. The van der Waals surface area contributed by atoms with Crippen molar-refractivity contribution in [1.82, 2.24) is 5.48 Å². The molecule has 0 bridgehead atoms. The van der Waals surface area contributed by atoms with Crippen molar-refractivity contribution in [3.63, 3.8) is 0 Å². The summed E-state index contributed by atoms with van der Waals surface area (Å²) in [7, 11) is 1.38. The largest absolute Gasteiger partial charge is 0.486 e. The summed E-state index contributed by atoms with van der Waals surface area (Å²) in [5.41, 5.74) is 2.71. The van der Waals surface area contributed by atoms with Crippen LogP contribution < -0.4 is 15.0 Å². The van der Waals surface area contributed by atoms with Crippen LogP contribution in [0.2, 0.25) is 0 Å². The summed E-state index contributed by atoms with van der Waals surface area (Å²) in [5.74, 6) is 0.940. The fraction of sp³-hybridized carbons (Fsp3) is 0.300. The number of hydrogen-bond acceptors (Lipinski definition) is 4. The van der Waals surface area contributed by atoms with Gasteiger partial charge in [-0.3, -0.25) is 9.63 Å². The fourth-order valence-electron chi connectivity index (χ4n) is 1.34. The third-order valence-electron chi connectivity index (χ3n) is 2.00. The van der Waals surface area contributed by atoms with Crippen molar-refractivity contribution in [3.8, 4) is 11.5 Å². The molecule has 0 saturated carbocycles. The molecule has 0 aliphatic carbocycles. The Bertz CT molecular complexity index is 378. The molecule has 15 heavy (non-hydrogen) atoms. The number of rotatable bonds is 2. The summed E-state index contributed by atoms with van der Waals surface area (Å²) in [4.78, 5) is 15.9. The van der Waals surface area contributed by atoms with Crippen LogP contribution in [0, 0.1) is 0 Å². The Morgan fingerprint density at radius 1 is 1.33 bits per heavy atom. The van der Waals surface area contributed by atoms with Gasteiger partial charge in [0, 0.05) is 5.56 Å². The standard InChI is InChI=1S/C10H11NO4/c1-13-11-10(12)7-2-3-8-9(6-7)15-5-4-14-8/h2-3,6H,4-5H2,1H3,(H,11,12). The van der Waals surface area contributed by atoms with Crippen LogP contribution in [0.4, 0.5) is 0 Å². The van der Waals surface area contributed by atoms with Gasteiger partial charge < -0.3 is 9.47 Å². The van der Waals surface area contributed by atoms with E-state index in [0.29, 0.717) is 30.3 Å². The van der Waals surface area contributed by atoms with E-state index in [2.05, 4.69) is 10.3 Å². The van der Waals surface area contributed by atoms with Crippen LogP contribution in [0.1, 0.15) is 10.4 Å². The Morgan fingerprint density at radius 2 is 2.07 bits per heavy atom. The first-order valence-electron chi connectivity index (χ1n) is 4.54. The van der Waals surface area contributed by atoms with Crippen molar-refractivity contribution in [1.29, 1.82) is 0 Å². The minimum absolute atomic E-state index is 0.311. The summed E-state index contributed by atoms with van der Waals surface area (Å²) in [5, 5.41) is 0. The molecule has 2 rings (SSSR count). The number of hydrogen-bond donors (Lipinski definition) is 1. The van der Waals surface area contributed by atoms with Crippen LogP contribution in [0.5, 0.6) is 11.5 Å². The molecular weight excluding hydrogens is 198 g/mol. The number of nitrogens with one attached hydrogen (secondary N) is 1. The molecule has 1 amide bonds. The second-order valence-electron chi connectivity index (χ2n) is 2.99. The maximum Gasteiger partial charge on any atom is 0.274 e. The van der Waals surface area contributed by atoms with Gasteiger partial charge in [0.25, 0.3) is 5.91 Å². The average Bonchev–Trinajstić information content (AvgIpc) is 2.29. The van der Waals surface area contributed by atoms with Crippen LogP contribution in [0.25, 0.3) is 0 Å². The first-order valence-corrected chi connectivity index (χ1v) is 4.54. The number of ether oxygens (including phenoxy) is 2. The van der Waals surface area contributed by atoms with E-state index in [9.17, 15) is 4.79 Å². The minimum atomic E-state index is -0.311. The SMILES string of the molecule is CONC(=O)c1ccc2c(c1)OCCO2. The maximum absolute atomic E-state index is 11.4. The van der Waals surface area contributed by atoms with Crippen molar-refractivity contribution >= 4 is 5.91 Å². The number of benzene rings is 1. The van der Waals surface area contributed by atoms with Gasteiger partial charge in [0.05, 0.1) is 7.11 Å². The molecule has 0 fully saturated rings. The van der Waals surface area contributed by atoms with E-state index in [1.807, 2.05) is 0 Å². The molecule has 1 N–H and O–H groups in total. The predicted octanol–water partition coefficient (Wildman–Crippen LogP) is 0.749. The third-order valence-corrected chi connectivity index (χ3v) is 2.00. The maximum atomic E-state index is 11.4. The number of carbonyl (C=O) groups is 1. The zero-order valence-electron chi connectivity index (χ0n) is 8.28. The second-order valence-corrected chi connectivity index (χ2v) is 2.99. The molecule has 1 aliphatic heterocycles. The summed E-state index contributed by atoms with van der Waals surface area (Å²) >= 11 is 0. The average molecular weight is 209 g/mol. The first kappa shape index (κ1) is 9.79. The van der Waals surface area contributed by atoms with Gasteiger partial charge in [-0.15, -0.1) is 0 Å². The highest BCUT2D eigenvalue weighted by atomic mass is 16.6. The number of hydroxylamine groups is 1. The lowest BCUT2D eigenvalue weighted by Crippen LogP contribution is -2.22. The van der Waals surface area contributed by atoms with E-state index in [1.54, 1.807) is 18.2 Å². The lowest BCUT2D eigenvalue weighted by molar-refractivity contribution is 0.0537. The number of carbonyl (C=O) groups excluding carboxylic acids is 1. The van der Waals surface area contributed by atoms with Gasteiger partial charge in [-0.05, 0) is 18.2 Å². The molecule has 80 valence electrons. The molecule has 5 nitrogen and oxygen atoms in total. The molecule has 0 unspecified atom stereocenters. The lowest BCUT2D eigenvalue weighted by Gasteiger charge is -2.18. The van der Waals surface area contributed by atoms with Gasteiger partial charge in [0.15, 0.2) is 11.5 Å². The van der Waals surface area contributed by atoms with Gasteiger partial charge in [0.2, 0.25) is 0 Å². The van der Waals surface area contributed by atoms with Gasteiger partial charge in [-0.2, -0.15) is 0 Å². The molecule has 1 aromatic carbocycles. The molecule has 0 spiro atoms. The van der Waals surface area contributed by atoms with Crippen LogP contribution in [-0.4, -0.2) is 26.2 Å². The van der Waals surface area contributed by atoms with Crippen molar-refractivity contribution in [3.05, 3.63) is 23.8 Å². The number of amides is 1. The fourth-order valence-corrected chi connectivity index (χ4v) is 1.34. The first-order chi connectivity index (χ1) is 7.31. The van der Waals surface area contributed by atoms with Crippen LogP contribution >= 0.6 is 0 Å².